The molecule has 6 heteroatoms. The first-order chi connectivity index (χ1) is 12.8. The van der Waals surface area contributed by atoms with Gasteiger partial charge in [0.15, 0.2) is 5.96 Å². The standard InChI is InChI=1S/C20H29N3O3/c1-3-25-16-14-23-20(22-13-11-19-5-4-15-26-19)21-12-10-17-6-8-18(24-2)9-7-17/h4-9,15H,3,10-14,16H2,1-2H3,(H2,21,22,23). The van der Waals surface area contributed by atoms with Crippen LogP contribution in [-0.4, -0.2) is 45.9 Å². The molecule has 26 heavy (non-hydrogen) atoms. The third-order valence-corrected chi connectivity index (χ3v) is 3.82. The van der Waals surface area contributed by atoms with Crippen molar-refractivity contribution in [3.8, 4) is 5.75 Å². The molecule has 0 aliphatic carbocycles. The summed E-state index contributed by atoms with van der Waals surface area (Å²) >= 11 is 0. The zero-order valence-corrected chi connectivity index (χ0v) is 15.7. The van der Waals surface area contributed by atoms with Crippen LogP contribution in [0, 0.1) is 0 Å². The Morgan fingerprint density at radius 3 is 2.50 bits per heavy atom. The lowest BCUT2D eigenvalue weighted by Gasteiger charge is -2.12. The molecule has 0 aliphatic heterocycles. The number of guanidine groups is 1. The Morgan fingerprint density at radius 2 is 1.85 bits per heavy atom. The molecule has 2 rings (SSSR count). The molecule has 1 heterocycles. The van der Waals surface area contributed by atoms with Gasteiger partial charge in [-0.15, -0.1) is 0 Å². The summed E-state index contributed by atoms with van der Waals surface area (Å²) in [5.41, 5.74) is 1.25. The maximum Gasteiger partial charge on any atom is 0.191 e. The minimum Gasteiger partial charge on any atom is -0.497 e. The first kappa shape index (κ1) is 19.8. The lowest BCUT2D eigenvalue weighted by atomic mass is 10.1. The molecule has 1 aromatic carbocycles. The van der Waals surface area contributed by atoms with E-state index in [1.807, 2.05) is 31.2 Å². The van der Waals surface area contributed by atoms with Crippen LogP contribution in [0.4, 0.5) is 0 Å². The number of aliphatic imine (C=N–C) groups is 1. The normalized spacial score (nSPS) is 11.4. The van der Waals surface area contributed by atoms with Crippen molar-refractivity contribution in [2.45, 2.75) is 19.8 Å². The number of furan rings is 1. The highest BCUT2D eigenvalue weighted by Gasteiger charge is 2.01. The van der Waals surface area contributed by atoms with Crippen LogP contribution in [0.5, 0.6) is 5.75 Å². The van der Waals surface area contributed by atoms with Crippen molar-refractivity contribution in [3.63, 3.8) is 0 Å². The smallest absolute Gasteiger partial charge is 0.191 e. The number of nitrogens with zero attached hydrogens (tertiary/aromatic N) is 1. The number of nitrogens with one attached hydrogen (secondary N) is 2. The van der Waals surface area contributed by atoms with Crippen LogP contribution in [-0.2, 0) is 17.6 Å². The van der Waals surface area contributed by atoms with E-state index in [9.17, 15) is 0 Å². The highest BCUT2D eigenvalue weighted by molar-refractivity contribution is 5.79. The summed E-state index contributed by atoms with van der Waals surface area (Å²) in [5, 5.41) is 6.72. The average molecular weight is 359 g/mol. The first-order valence-corrected chi connectivity index (χ1v) is 9.07. The fraction of sp³-hybridized carbons (Fsp3) is 0.450. The van der Waals surface area contributed by atoms with Crippen LogP contribution >= 0.6 is 0 Å². The number of rotatable bonds is 11. The SMILES string of the molecule is CCOCCN=C(NCCc1ccc(OC)cc1)NCCc1ccco1. The second kappa shape index (κ2) is 12.0. The van der Waals surface area contributed by atoms with Gasteiger partial charge in [-0.1, -0.05) is 12.1 Å². The van der Waals surface area contributed by atoms with Crippen molar-refractivity contribution in [1.29, 1.82) is 0 Å². The molecule has 0 fully saturated rings. The summed E-state index contributed by atoms with van der Waals surface area (Å²) in [7, 11) is 1.68. The van der Waals surface area contributed by atoms with Gasteiger partial charge in [0.05, 0.1) is 26.5 Å². The lowest BCUT2D eigenvalue weighted by molar-refractivity contribution is 0.155. The van der Waals surface area contributed by atoms with E-state index in [0.717, 1.165) is 43.4 Å². The summed E-state index contributed by atoms with van der Waals surface area (Å²) < 4.78 is 15.9. The highest BCUT2D eigenvalue weighted by Crippen LogP contribution is 2.11. The van der Waals surface area contributed by atoms with E-state index in [1.54, 1.807) is 13.4 Å². The number of hydrogen-bond donors (Lipinski definition) is 2. The molecule has 0 saturated carbocycles. The summed E-state index contributed by atoms with van der Waals surface area (Å²) in [4.78, 5) is 4.56. The van der Waals surface area contributed by atoms with E-state index >= 15 is 0 Å². The van der Waals surface area contributed by atoms with Crippen LogP contribution in [0.3, 0.4) is 0 Å². The Hall–Kier alpha value is -2.47. The first-order valence-electron chi connectivity index (χ1n) is 9.07. The zero-order valence-electron chi connectivity index (χ0n) is 15.7. The molecule has 0 spiro atoms. The van der Waals surface area contributed by atoms with E-state index in [0.29, 0.717) is 19.8 Å². The molecule has 142 valence electrons. The number of benzene rings is 1. The zero-order chi connectivity index (χ0) is 18.5. The molecule has 0 atom stereocenters. The van der Waals surface area contributed by atoms with Crippen molar-refractivity contribution in [2.75, 3.05) is 40.0 Å². The fourth-order valence-electron chi connectivity index (χ4n) is 2.42. The summed E-state index contributed by atoms with van der Waals surface area (Å²) in [6.07, 6.45) is 3.42. The van der Waals surface area contributed by atoms with Crippen molar-refractivity contribution in [2.24, 2.45) is 4.99 Å². The van der Waals surface area contributed by atoms with Gasteiger partial charge in [-0.25, -0.2) is 0 Å². The topological polar surface area (TPSA) is 68.0 Å². The van der Waals surface area contributed by atoms with Gasteiger partial charge >= 0.3 is 0 Å². The molecule has 0 aliphatic rings. The monoisotopic (exact) mass is 359 g/mol. The second-order valence-corrected chi connectivity index (χ2v) is 5.71. The van der Waals surface area contributed by atoms with E-state index < -0.39 is 0 Å². The summed E-state index contributed by atoms with van der Waals surface area (Å²) in [6, 6.07) is 12.0. The van der Waals surface area contributed by atoms with Crippen LogP contribution in [0.25, 0.3) is 0 Å². The van der Waals surface area contributed by atoms with Crippen molar-refractivity contribution in [1.82, 2.24) is 10.6 Å². The van der Waals surface area contributed by atoms with Crippen molar-refractivity contribution >= 4 is 5.96 Å². The van der Waals surface area contributed by atoms with Crippen molar-refractivity contribution < 1.29 is 13.9 Å². The minimum absolute atomic E-state index is 0.625. The van der Waals surface area contributed by atoms with Gasteiger partial charge in [-0.3, -0.25) is 4.99 Å². The van der Waals surface area contributed by atoms with Gasteiger partial charge < -0.3 is 24.5 Å². The maximum absolute atomic E-state index is 5.36. The Balaban J connectivity index is 1.77. The Bertz CT molecular complexity index is 624. The van der Waals surface area contributed by atoms with E-state index in [4.69, 9.17) is 13.9 Å². The van der Waals surface area contributed by atoms with E-state index in [-0.39, 0.29) is 0 Å². The molecule has 2 N–H and O–H groups in total. The van der Waals surface area contributed by atoms with Crippen molar-refractivity contribution in [3.05, 3.63) is 54.0 Å². The van der Waals surface area contributed by atoms with Gasteiger partial charge in [-0.2, -0.15) is 0 Å². The van der Waals surface area contributed by atoms with E-state index in [1.165, 1.54) is 5.56 Å². The number of hydrogen-bond acceptors (Lipinski definition) is 4. The Kier molecular flexibility index (Phi) is 9.14. The predicted octanol–water partition coefficient (Wildman–Crippen LogP) is 2.65. The van der Waals surface area contributed by atoms with E-state index in [2.05, 4.69) is 27.8 Å². The largest absolute Gasteiger partial charge is 0.497 e. The van der Waals surface area contributed by atoms with Gasteiger partial charge in [-0.05, 0) is 43.2 Å². The van der Waals surface area contributed by atoms with Crippen LogP contribution < -0.4 is 15.4 Å². The second-order valence-electron chi connectivity index (χ2n) is 5.71. The molecule has 0 unspecified atom stereocenters. The molecule has 1 aromatic heterocycles. The third kappa shape index (κ3) is 7.61. The molecule has 0 bridgehead atoms. The molecule has 6 nitrogen and oxygen atoms in total. The molecule has 0 radical (unpaired) electrons. The Labute approximate surface area is 155 Å². The molecule has 0 saturated heterocycles. The molecule has 2 aromatic rings. The van der Waals surface area contributed by atoms with Crippen LogP contribution in [0.2, 0.25) is 0 Å². The van der Waals surface area contributed by atoms with Crippen LogP contribution in [0.15, 0.2) is 52.1 Å². The van der Waals surface area contributed by atoms with Gasteiger partial charge in [0.25, 0.3) is 0 Å². The maximum atomic E-state index is 5.36. The lowest BCUT2D eigenvalue weighted by Crippen LogP contribution is -2.39. The fourth-order valence-corrected chi connectivity index (χ4v) is 2.42. The van der Waals surface area contributed by atoms with Gasteiger partial charge in [0.1, 0.15) is 11.5 Å². The summed E-state index contributed by atoms with van der Waals surface area (Å²) in [6.45, 7) is 5.51. The molecular formula is C20H29N3O3. The quantitative estimate of drug-likeness (QED) is 0.367. The average Bonchev–Trinajstić information content (AvgIpc) is 3.19. The number of ether oxygens (including phenoxy) is 2. The van der Waals surface area contributed by atoms with Crippen LogP contribution in [0.1, 0.15) is 18.2 Å². The third-order valence-electron chi connectivity index (χ3n) is 3.82. The highest BCUT2D eigenvalue weighted by atomic mass is 16.5. The summed E-state index contributed by atoms with van der Waals surface area (Å²) in [5.74, 6) is 2.63. The predicted molar refractivity (Wildman–Crippen MR) is 104 cm³/mol. The molecular weight excluding hydrogens is 330 g/mol. The van der Waals surface area contributed by atoms with Gasteiger partial charge in [0, 0.05) is 26.1 Å². The number of methoxy groups -OCH3 is 1. The van der Waals surface area contributed by atoms with Gasteiger partial charge in [0.2, 0.25) is 0 Å². The molecule has 0 amide bonds. The Morgan fingerprint density at radius 1 is 1.08 bits per heavy atom. The minimum atomic E-state index is 0.625.